The number of rotatable bonds is 7. The third-order valence-electron chi connectivity index (χ3n) is 5.62. The molecule has 1 fully saturated rings. The fraction of sp³-hybridized carbons (Fsp3) is 0.409. The van der Waals surface area contributed by atoms with E-state index >= 15 is 0 Å². The second-order valence-electron chi connectivity index (χ2n) is 7.37. The van der Waals surface area contributed by atoms with E-state index in [1.165, 1.54) is 19.0 Å². The number of amides is 1. The first-order valence-corrected chi connectivity index (χ1v) is 11.0. The average Bonchev–Trinajstić information content (AvgIpc) is 3.46. The minimum absolute atomic E-state index is 0.147. The first kappa shape index (κ1) is 20.4. The predicted molar refractivity (Wildman–Crippen MR) is 116 cm³/mol. The molecule has 7 nitrogen and oxygen atoms in total. The topological polar surface area (TPSA) is 73.7 Å². The summed E-state index contributed by atoms with van der Waals surface area (Å²) >= 11 is 1.66. The van der Waals surface area contributed by atoms with Crippen molar-refractivity contribution < 1.29 is 14.3 Å². The van der Waals surface area contributed by atoms with Crippen LogP contribution in [0.4, 0.5) is 0 Å². The largest absolute Gasteiger partial charge is 0.493 e. The normalized spacial score (nSPS) is 16.2. The molecule has 0 N–H and O–H groups in total. The Morgan fingerprint density at radius 1 is 1.27 bits per heavy atom. The molecule has 4 rings (SSSR count). The monoisotopic (exact) mass is 427 g/mol. The van der Waals surface area contributed by atoms with Crippen molar-refractivity contribution in [1.29, 1.82) is 0 Å². The summed E-state index contributed by atoms with van der Waals surface area (Å²) in [6.07, 6.45) is 4.58. The summed E-state index contributed by atoms with van der Waals surface area (Å²) in [4.78, 5) is 32.0. The molecule has 1 aliphatic rings. The Bertz CT molecular complexity index is 1090. The van der Waals surface area contributed by atoms with Gasteiger partial charge in [-0.2, -0.15) is 11.3 Å². The Kier molecular flexibility index (Phi) is 6.03. The fourth-order valence-corrected chi connectivity index (χ4v) is 4.77. The summed E-state index contributed by atoms with van der Waals surface area (Å²) < 4.78 is 12.1. The molecule has 1 atom stereocenters. The lowest BCUT2D eigenvalue weighted by molar-refractivity contribution is -0.132. The van der Waals surface area contributed by atoms with Crippen LogP contribution in [-0.4, -0.2) is 41.1 Å². The van der Waals surface area contributed by atoms with Gasteiger partial charge in [-0.05, 0) is 47.7 Å². The number of carbonyl (C=O) groups is 1. The summed E-state index contributed by atoms with van der Waals surface area (Å²) in [5.74, 6) is 1.17. The van der Waals surface area contributed by atoms with Crippen LogP contribution in [0.5, 0.6) is 11.5 Å². The molecule has 1 aromatic carbocycles. The molecular weight excluding hydrogens is 402 g/mol. The van der Waals surface area contributed by atoms with E-state index in [4.69, 9.17) is 9.47 Å². The van der Waals surface area contributed by atoms with Crippen LogP contribution in [0, 0.1) is 0 Å². The molecule has 0 bridgehead atoms. The molecule has 3 heterocycles. The quantitative estimate of drug-likeness (QED) is 0.576. The minimum atomic E-state index is -0.147. The van der Waals surface area contributed by atoms with Gasteiger partial charge in [0.1, 0.15) is 0 Å². The summed E-state index contributed by atoms with van der Waals surface area (Å²) in [7, 11) is 3.08. The van der Waals surface area contributed by atoms with E-state index < -0.39 is 0 Å². The van der Waals surface area contributed by atoms with Crippen LogP contribution >= 0.6 is 11.3 Å². The molecule has 1 aliphatic heterocycles. The summed E-state index contributed by atoms with van der Waals surface area (Å²) in [5, 5.41) is 4.65. The van der Waals surface area contributed by atoms with E-state index in [0.717, 1.165) is 19.4 Å². The molecular formula is C22H25N3O4S. The number of hydrogen-bond donors (Lipinski definition) is 0. The molecule has 30 heavy (non-hydrogen) atoms. The maximum atomic E-state index is 12.9. The highest BCUT2D eigenvalue weighted by atomic mass is 32.1. The number of ether oxygens (including phenoxy) is 2. The molecule has 8 heteroatoms. The van der Waals surface area contributed by atoms with E-state index in [1.807, 2.05) is 4.90 Å². The number of nitrogens with zero attached hydrogens (tertiary/aromatic N) is 3. The molecule has 0 radical (unpaired) electrons. The number of methoxy groups -OCH3 is 2. The van der Waals surface area contributed by atoms with E-state index in [1.54, 1.807) is 35.1 Å². The molecule has 2 aromatic heterocycles. The van der Waals surface area contributed by atoms with Crippen molar-refractivity contribution in [1.82, 2.24) is 14.5 Å². The van der Waals surface area contributed by atoms with Crippen LogP contribution < -0.4 is 15.0 Å². The van der Waals surface area contributed by atoms with Crippen LogP contribution in [0.1, 0.15) is 37.3 Å². The molecule has 1 saturated heterocycles. The van der Waals surface area contributed by atoms with Crippen LogP contribution in [0.25, 0.3) is 10.9 Å². The maximum Gasteiger partial charge on any atom is 0.261 e. The van der Waals surface area contributed by atoms with Crippen molar-refractivity contribution in [2.75, 3.05) is 20.8 Å². The van der Waals surface area contributed by atoms with Crippen molar-refractivity contribution >= 4 is 28.1 Å². The van der Waals surface area contributed by atoms with Gasteiger partial charge in [-0.25, -0.2) is 4.98 Å². The maximum absolute atomic E-state index is 12.9. The van der Waals surface area contributed by atoms with Gasteiger partial charge in [-0.3, -0.25) is 14.2 Å². The molecule has 3 aromatic rings. The van der Waals surface area contributed by atoms with Crippen LogP contribution in [0.2, 0.25) is 0 Å². The Balaban J connectivity index is 1.44. The lowest BCUT2D eigenvalue weighted by Gasteiger charge is -2.24. The molecule has 0 spiro atoms. The highest BCUT2D eigenvalue weighted by Gasteiger charge is 2.29. The first-order valence-electron chi connectivity index (χ1n) is 10.0. The number of likely N-dealkylation sites (tertiary alicyclic amines) is 1. The molecule has 158 valence electrons. The molecule has 0 unspecified atom stereocenters. The second-order valence-corrected chi connectivity index (χ2v) is 8.15. The van der Waals surface area contributed by atoms with Crippen LogP contribution in [-0.2, 0) is 11.3 Å². The van der Waals surface area contributed by atoms with Crippen LogP contribution in [0.3, 0.4) is 0 Å². The van der Waals surface area contributed by atoms with Gasteiger partial charge in [0.15, 0.2) is 11.5 Å². The highest BCUT2D eigenvalue weighted by molar-refractivity contribution is 7.08. The summed E-state index contributed by atoms with van der Waals surface area (Å²) in [6.45, 7) is 1.25. The summed E-state index contributed by atoms with van der Waals surface area (Å²) in [5.41, 5.74) is 1.64. The van der Waals surface area contributed by atoms with Gasteiger partial charge in [0.05, 0.1) is 37.5 Å². The van der Waals surface area contributed by atoms with E-state index in [2.05, 4.69) is 21.8 Å². The third-order valence-corrected chi connectivity index (χ3v) is 6.32. The Morgan fingerprint density at radius 2 is 2.07 bits per heavy atom. The number of thiophene rings is 1. The zero-order valence-electron chi connectivity index (χ0n) is 17.2. The Hall–Kier alpha value is -2.87. The van der Waals surface area contributed by atoms with E-state index in [0.29, 0.717) is 41.8 Å². The van der Waals surface area contributed by atoms with Crippen LogP contribution in [0.15, 0.2) is 40.1 Å². The number of hydrogen-bond acceptors (Lipinski definition) is 6. The number of aromatic nitrogens is 2. The van der Waals surface area contributed by atoms with Gasteiger partial charge in [0.2, 0.25) is 5.91 Å². The number of fused-ring (bicyclic) bond motifs is 1. The average molecular weight is 428 g/mol. The van der Waals surface area contributed by atoms with Crippen molar-refractivity contribution in [2.45, 2.75) is 38.3 Å². The predicted octanol–water partition coefficient (Wildman–Crippen LogP) is 3.62. The zero-order chi connectivity index (χ0) is 21.1. The lowest BCUT2D eigenvalue weighted by atomic mass is 10.1. The standard InChI is InChI=1S/C22H25N3O4S/c1-28-19-11-16-17(12-20(19)29-2)23-14-24(22(16)27)8-4-6-21(26)25-9-3-5-18(25)15-7-10-30-13-15/h7,10-14,18H,3-6,8-9H2,1-2H3/t18-/m1/s1. The zero-order valence-corrected chi connectivity index (χ0v) is 18.0. The Morgan fingerprint density at radius 3 is 2.80 bits per heavy atom. The Labute approximate surface area is 178 Å². The number of benzene rings is 1. The first-order chi connectivity index (χ1) is 14.6. The fourth-order valence-electron chi connectivity index (χ4n) is 4.07. The minimum Gasteiger partial charge on any atom is -0.493 e. The number of carbonyl (C=O) groups excluding carboxylic acids is 1. The number of aryl methyl sites for hydroxylation is 1. The SMILES string of the molecule is COc1cc2ncn(CCCC(=O)N3CCC[C@@H]3c3ccsc3)c(=O)c2cc1OC. The van der Waals surface area contributed by atoms with Gasteiger partial charge in [0.25, 0.3) is 5.56 Å². The van der Waals surface area contributed by atoms with Crippen molar-refractivity contribution in [2.24, 2.45) is 0 Å². The van der Waals surface area contributed by atoms with Crippen molar-refractivity contribution in [3.8, 4) is 11.5 Å². The molecule has 0 saturated carbocycles. The molecule has 0 aliphatic carbocycles. The molecule has 1 amide bonds. The van der Waals surface area contributed by atoms with Gasteiger partial charge in [-0.15, -0.1) is 0 Å². The second kappa shape index (κ2) is 8.87. The van der Waals surface area contributed by atoms with E-state index in [-0.39, 0.29) is 17.5 Å². The van der Waals surface area contributed by atoms with Gasteiger partial charge in [0, 0.05) is 25.6 Å². The van der Waals surface area contributed by atoms with Crippen molar-refractivity contribution in [3.63, 3.8) is 0 Å². The van der Waals surface area contributed by atoms with Gasteiger partial charge >= 0.3 is 0 Å². The van der Waals surface area contributed by atoms with Crippen molar-refractivity contribution in [3.05, 3.63) is 51.2 Å². The smallest absolute Gasteiger partial charge is 0.261 e. The van der Waals surface area contributed by atoms with Gasteiger partial charge < -0.3 is 14.4 Å². The highest BCUT2D eigenvalue weighted by Crippen LogP contribution is 2.33. The summed E-state index contributed by atoms with van der Waals surface area (Å²) in [6, 6.07) is 5.64. The van der Waals surface area contributed by atoms with E-state index in [9.17, 15) is 9.59 Å². The van der Waals surface area contributed by atoms with Gasteiger partial charge in [-0.1, -0.05) is 0 Å². The lowest BCUT2D eigenvalue weighted by Crippen LogP contribution is -2.30. The third kappa shape index (κ3) is 3.92.